The predicted molar refractivity (Wildman–Crippen MR) is 63.4 cm³/mol. The largest absolute Gasteiger partial charge is 0.469 e. The van der Waals surface area contributed by atoms with Gasteiger partial charge in [0.2, 0.25) is 0 Å². The molecule has 0 spiro atoms. The van der Waals surface area contributed by atoms with Crippen molar-refractivity contribution in [3.8, 4) is 0 Å². The molecule has 0 amide bonds. The minimum absolute atomic E-state index is 0.135. The molecule has 1 aliphatic rings. The van der Waals surface area contributed by atoms with E-state index in [0.717, 1.165) is 44.1 Å². The molecule has 4 nitrogen and oxygen atoms in total. The van der Waals surface area contributed by atoms with Crippen molar-refractivity contribution in [3.05, 3.63) is 11.6 Å². The molecule has 0 unspecified atom stereocenters. The summed E-state index contributed by atoms with van der Waals surface area (Å²) in [6.45, 7) is 0.438. The van der Waals surface area contributed by atoms with Crippen molar-refractivity contribution in [2.45, 2.75) is 44.9 Å². The zero-order chi connectivity index (χ0) is 12.5. The maximum absolute atomic E-state index is 11.1. The first-order chi connectivity index (χ1) is 8.24. The molecule has 1 aliphatic heterocycles. The van der Waals surface area contributed by atoms with Crippen molar-refractivity contribution in [3.63, 3.8) is 0 Å². The number of rotatable bonds is 8. The number of hydrogen-bond acceptors (Lipinski definition) is 4. The summed E-state index contributed by atoms with van der Waals surface area (Å²) in [5, 5.41) is 0. The Morgan fingerprint density at radius 3 is 2.65 bits per heavy atom. The number of cyclic esters (lactones) is 1. The average Bonchev–Trinajstić information content (AvgIpc) is 2.73. The van der Waals surface area contributed by atoms with Gasteiger partial charge in [-0.2, -0.15) is 0 Å². The minimum Gasteiger partial charge on any atom is -0.469 e. The number of carbonyl (C=O) groups is 2. The van der Waals surface area contributed by atoms with Crippen LogP contribution in [0.3, 0.4) is 0 Å². The topological polar surface area (TPSA) is 52.6 Å². The van der Waals surface area contributed by atoms with E-state index in [2.05, 4.69) is 4.74 Å². The zero-order valence-corrected chi connectivity index (χ0v) is 10.4. The van der Waals surface area contributed by atoms with Crippen LogP contribution in [0.5, 0.6) is 0 Å². The van der Waals surface area contributed by atoms with E-state index in [4.69, 9.17) is 4.74 Å². The molecule has 0 radical (unpaired) electrons. The second kappa shape index (κ2) is 7.87. The molecule has 0 saturated carbocycles. The van der Waals surface area contributed by atoms with Crippen LogP contribution in [-0.2, 0) is 19.1 Å². The van der Waals surface area contributed by atoms with Gasteiger partial charge < -0.3 is 9.47 Å². The van der Waals surface area contributed by atoms with Crippen LogP contribution < -0.4 is 0 Å². The molecule has 0 aliphatic carbocycles. The molecule has 96 valence electrons. The number of unbranched alkanes of at least 4 members (excludes halogenated alkanes) is 4. The predicted octanol–water partition coefficient (Wildman–Crippen LogP) is 2.37. The summed E-state index contributed by atoms with van der Waals surface area (Å²) in [6, 6.07) is 0. The Bertz CT molecular complexity index is 294. The third-order valence-corrected chi connectivity index (χ3v) is 2.86. The van der Waals surface area contributed by atoms with E-state index in [0.29, 0.717) is 13.0 Å². The van der Waals surface area contributed by atoms with Gasteiger partial charge >= 0.3 is 11.9 Å². The van der Waals surface area contributed by atoms with Crippen molar-refractivity contribution < 1.29 is 19.1 Å². The summed E-state index contributed by atoms with van der Waals surface area (Å²) in [6.07, 6.45) is 8.31. The highest BCUT2D eigenvalue weighted by Gasteiger charge is 2.15. The van der Waals surface area contributed by atoms with Crippen LogP contribution in [0.1, 0.15) is 44.9 Å². The van der Waals surface area contributed by atoms with Crippen LogP contribution in [0.15, 0.2) is 11.6 Å². The van der Waals surface area contributed by atoms with Gasteiger partial charge in [0.25, 0.3) is 0 Å². The smallest absolute Gasteiger partial charge is 0.334 e. The Morgan fingerprint density at radius 2 is 2.00 bits per heavy atom. The monoisotopic (exact) mass is 240 g/mol. The number of carbonyl (C=O) groups excluding carboxylic acids is 2. The normalized spacial score (nSPS) is 14.4. The molecule has 1 heterocycles. The summed E-state index contributed by atoms with van der Waals surface area (Å²) < 4.78 is 9.38. The molecule has 1 rings (SSSR count). The maximum Gasteiger partial charge on any atom is 0.334 e. The number of esters is 2. The summed E-state index contributed by atoms with van der Waals surface area (Å²) in [5.41, 5.74) is 0.819. The molecule has 0 aromatic rings. The van der Waals surface area contributed by atoms with Crippen molar-refractivity contribution in [2.24, 2.45) is 0 Å². The molecule has 17 heavy (non-hydrogen) atoms. The Kier molecular flexibility index (Phi) is 6.37. The average molecular weight is 240 g/mol. The molecular weight excluding hydrogens is 220 g/mol. The lowest BCUT2D eigenvalue weighted by atomic mass is 10.1. The van der Waals surface area contributed by atoms with E-state index in [1.54, 1.807) is 0 Å². The van der Waals surface area contributed by atoms with Gasteiger partial charge in [-0.15, -0.1) is 0 Å². The lowest BCUT2D eigenvalue weighted by molar-refractivity contribution is -0.140. The summed E-state index contributed by atoms with van der Waals surface area (Å²) in [4.78, 5) is 21.9. The van der Waals surface area contributed by atoms with Crippen LogP contribution >= 0.6 is 0 Å². The van der Waals surface area contributed by atoms with Gasteiger partial charge in [0.05, 0.1) is 7.11 Å². The second-order valence-corrected chi connectivity index (χ2v) is 4.17. The SMILES string of the molecule is COC(=O)CCCCCCCC1=CCOC1=O. The Balaban J connectivity index is 1.91. The first-order valence-corrected chi connectivity index (χ1v) is 6.17. The van der Waals surface area contributed by atoms with Gasteiger partial charge in [-0.1, -0.05) is 19.3 Å². The molecule has 0 fully saturated rings. The summed E-state index contributed by atoms with van der Waals surface area (Å²) in [5.74, 6) is -0.292. The lowest BCUT2D eigenvalue weighted by Crippen LogP contribution is -2.00. The lowest BCUT2D eigenvalue weighted by Gasteiger charge is -2.01. The summed E-state index contributed by atoms with van der Waals surface area (Å²) >= 11 is 0. The fourth-order valence-electron chi connectivity index (χ4n) is 1.82. The Hall–Kier alpha value is -1.32. The molecular formula is C13H20O4. The number of methoxy groups -OCH3 is 1. The number of ether oxygens (including phenoxy) is 2. The molecule has 0 N–H and O–H groups in total. The highest BCUT2D eigenvalue weighted by atomic mass is 16.5. The van der Waals surface area contributed by atoms with Gasteiger partial charge in [-0.05, 0) is 25.3 Å². The van der Waals surface area contributed by atoms with Gasteiger partial charge in [0, 0.05) is 12.0 Å². The molecule has 0 bridgehead atoms. The van der Waals surface area contributed by atoms with E-state index < -0.39 is 0 Å². The van der Waals surface area contributed by atoms with Gasteiger partial charge in [0.15, 0.2) is 0 Å². The highest BCUT2D eigenvalue weighted by molar-refractivity contribution is 5.90. The second-order valence-electron chi connectivity index (χ2n) is 4.17. The van der Waals surface area contributed by atoms with E-state index in [1.165, 1.54) is 7.11 Å². The van der Waals surface area contributed by atoms with Crippen molar-refractivity contribution >= 4 is 11.9 Å². The first kappa shape index (κ1) is 13.7. The quantitative estimate of drug-likeness (QED) is 0.483. The number of hydrogen-bond donors (Lipinski definition) is 0. The van der Waals surface area contributed by atoms with Gasteiger partial charge in [0.1, 0.15) is 6.61 Å². The molecule has 0 atom stereocenters. The molecule has 0 aromatic carbocycles. The Morgan fingerprint density at radius 1 is 1.29 bits per heavy atom. The minimum atomic E-state index is -0.157. The van der Waals surface area contributed by atoms with Crippen molar-refractivity contribution in [2.75, 3.05) is 13.7 Å². The van der Waals surface area contributed by atoms with E-state index in [9.17, 15) is 9.59 Å². The maximum atomic E-state index is 11.1. The van der Waals surface area contributed by atoms with Gasteiger partial charge in [-0.25, -0.2) is 4.79 Å². The Labute approximate surface area is 102 Å². The standard InChI is InChI=1S/C13H20O4/c1-16-12(14)8-6-4-2-3-5-7-11-9-10-17-13(11)15/h9H,2-8,10H2,1H3. The van der Waals surface area contributed by atoms with Crippen LogP contribution in [0.4, 0.5) is 0 Å². The molecule has 0 aromatic heterocycles. The van der Waals surface area contributed by atoms with Crippen LogP contribution in [0, 0.1) is 0 Å². The first-order valence-electron chi connectivity index (χ1n) is 6.17. The van der Waals surface area contributed by atoms with E-state index in [-0.39, 0.29) is 11.9 Å². The highest BCUT2D eigenvalue weighted by Crippen LogP contribution is 2.16. The van der Waals surface area contributed by atoms with Crippen LogP contribution in [0.25, 0.3) is 0 Å². The van der Waals surface area contributed by atoms with Crippen molar-refractivity contribution in [1.29, 1.82) is 0 Å². The summed E-state index contributed by atoms with van der Waals surface area (Å²) in [7, 11) is 1.41. The molecule has 0 saturated heterocycles. The molecule has 4 heteroatoms. The van der Waals surface area contributed by atoms with Crippen molar-refractivity contribution in [1.82, 2.24) is 0 Å². The fourth-order valence-corrected chi connectivity index (χ4v) is 1.82. The zero-order valence-electron chi connectivity index (χ0n) is 10.4. The van der Waals surface area contributed by atoms with Crippen LogP contribution in [0.2, 0.25) is 0 Å². The third-order valence-electron chi connectivity index (χ3n) is 2.86. The van der Waals surface area contributed by atoms with Gasteiger partial charge in [-0.3, -0.25) is 4.79 Å². The van der Waals surface area contributed by atoms with E-state index >= 15 is 0 Å². The third kappa shape index (κ3) is 5.52. The van der Waals surface area contributed by atoms with E-state index in [1.807, 2.05) is 6.08 Å². The fraction of sp³-hybridized carbons (Fsp3) is 0.692. The van der Waals surface area contributed by atoms with Crippen LogP contribution in [-0.4, -0.2) is 25.7 Å².